The standard InChI is InChI=1S/C24H15NO4/c1-2-25-18-8-7-14-20(26)11-29-24(14)21(18)17-9-15-16(10-19(17)25)23(28)13-6-4-3-5-12(13)22(15)27/h3-10H,2,11H2,1H3. The van der Waals surface area contributed by atoms with Crippen LogP contribution in [0.5, 0.6) is 5.75 Å². The van der Waals surface area contributed by atoms with Crippen LogP contribution in [0.25, 0.3) is 21.8 Å². The van der Waals surface area contributed by atoms with Gasteiger partial charge in [-0.1, -0.05) is 24.3 Å². The maximum absolute atomic E-state index is 13.2. The Morgan fingerprint density at radius 1 is 0.828 bits per heavy atom. The molecule has 5 heteroatoms. The average Bonchev–Trinajstić information content (AvgIpc) is 3.28. The molecule has 0 fully saturated rings. The molecule has 0 saturated carbocycles. The fourth-order valence-electron chi connectivity index (χ4n) is 4.67. The van der Waals surface area contributed by atoms with Crippen LogP contribution in [0.4, 0.5) is 0 Å². The molecule has 0 radical (unpaired) electrons. The topological polar surface area (TPSA) is 65.4 Å². The number of hydrogen-bond donors (Lipinski definition) is 0. The Bertz CT molecular complexity index is 1440. The Balaban J connectivity index is 1.76. The van der Waals surface area contributed by atoms with E-state index in [1.54, 1.807) is 36.4 Å². The summed E-state index contributed by atoms with van der Waals surface area (Å²) in [6.45, 7) is 2.74. The van der Waals surface area contributed by atoms with Gasteiger partial charge in [0.2, 0.25) is 5.78 Å². The van der Waals surface area contributed by atoms with Crippen LogP contribution in [0.15, 0.2) is 48.5 Å². The molecule has 5 nitrogen and oxygen atoms in total. The van der Waals surface area contributed by atoms with Gasteiger partial charge >= 0.3 is 0 Å². The molecule has 140 valence electrons. The Labute approximate surface area is 165 Å². The first-order valence-electron chi connectivity index (χ1n) is 9.57. The maximum atomic E-state index is 13.2. The predicted octanol–water partition coefficient (Wildman–Crippen LogP) is 4.16. The lowest BCUT2D eigenvalue weighted by Gasteiger charge is -2.17. The molecule has 0 spiro atoms. The third kappa shape index (κ3) is 1.92. The molecule has 0 bridgehead atoms. The van der Waals surface area contributed by atoms with Gasteiger partial charge in [0.1, 0.15) is 5.75 Å². The average molecular weight is 381 g/mol. The molecule has 0 N–H and O–H groups in total. The molecule has 1 aromatic heterocycles. The molecule has 29 heavy (non-hydrogen) atoms. The lowest BCUT2D eigenvalue weighted by molar-refractivity contribution is 0.0960. The number of fused-ring (bicyclic) bond motifs is 7. The minimum Gasteiger partial charge on any atom is -0.484 e. The Hall–Kier alpha value is -3.73. The summed E-state index contributed by atoms with van der Waals surface area (Å²) in [6.07, 6.45) is 0. The Morgan fingerprint density at radius 2 is 1.52 bits per heavy atom. The van der Waals surface area contributed by atoms with E-state index in [2.05, 4.69) is 4.57 Å². The van der Waals surface area contributed by atoms with Crippen molar-refractivity contribution >= 4 is 39.2 Å². The third-order valence-corrected chi connectivity index (χ3v) is 5.99. The number of aryl methyl sites for hydroxylation is 1. The van der Waals surface area contributed by atoms with Gasteiger partial charge in [0.25, 0.3) is 0 Å². The molecule has 4 aromatic rings. The zero-order valence-corrected chi connectivity index (χ0v) is 15.6. The minimum atomic E-state index is -0.154. The zero-order valence-electron chi connectivity index (χ0n) is 15.6. The highest BCUT2D eigenvalue weighted by Crippen LogP contribution is 2.42. The summed E-state index contributed by atoms with van der Waals surface area (Å²) in [5.74, 6) is 0.234. The van der Waals surface area contributed by atoms with E-state index in [-0.39, 0.29) is 24.0 Å². The molecule has 3 aromatic carbocycles. The van der Waals surface area contributed by atoms with Crippen molar-refractivity contribution in [2.24, 2.45) is 0 Å². The summed E-state index contributed by atoms with van der Waals surface area (Å²) in [6, 6.07) is 14.2. The SMILES string of the molecule is CCn1c2cc3c(cc2c2c4c(ccc21)C(=O)CO4)C(=O)c1ccccc1C3=O. The largest absolute Gasteiger partial charge is 0.484 e. The van der Waals surface area contributed by atoms with E-state index in [0.29, 0.717) is 40.1 Å². The van der Waals surface area contributed by atoms with Crippen LogP contribution in [-0.4, -0.2) is 28.5 Å². The first-order valence-corrected chi connectivity index (χ1v) is 9.57. The quantitative estimate of drug-likeness (QED) is 0.437. The van der Waals surface area contributed by atoms with Crippen molar-refractivity contribution in [3.8, 4) is 5.75 Å². The van der Waals surface area contributed by atoms with E-state index in [9.17, 15) is 14.4 Å². The predicted molar refractivity (Wildman–Crippen MR) is 108 cm³/mol. The number of hydrogen-bond acceptors (Lipinski definition) is 4. The summed E-state index contributed by atoms with van der Waals surface area (Å²) >= 11 is 0. The molecule has 1 aliphatic carbocycles. The second-order valence-corrected chi connectivity index (χ2v) is 7.41. The highest BCUT2D eigenvalue weighted by molar-refractivity contribution is 6.30. The highest BCUT2D eigenvalue weighted by atomic mass is 16.5. The molecular formula is C24H15NO4. The number of carbonyl (C=O) groups excluding carboxylic acids is 3. The molecule has 6 rings (SSSR count). The van der Waals surface area contributed by atoms with Crippen LogP contribution in [0.3, 0.4) is 0 Å². The summed E-state index contributed by atoms with van der Waals surface area (Å²) in [5.41, 5.74) is 4.05. The number of ketones is 3. The van der Waals surface area contributed by atoms with Gasteiger partial charge in [-0.05, 0) is 31.2 Å². The van der Waals surface area contributed by atoms with Crippen LogP contribution >= 0.6 is 0 Å². The third-order valence-electron chi connectivity index (χ3n) is 5.99. The zero-order chi connectivity index (χ0) is 19.9. The number of Topliss-reactive ketones (excluding diaryl/α,β-unsaturated/α-hetero) is 1. The summed E-state index contributed by atoms with van der Waals surface area (Å²) < 4.78 is 7.82. The summed E-state index contributed by atoms with van der Waals surface area (Å²) in [5, 5.41) is 1.65. The van der Waals surface area contributed by atoms with Gasteiger partial charge in [-0.15, -0.1) is 0 Å². The second kappa shape index (κ2) is 5.41. The van der Waals surface area contributed by atoms with E-state index in [0.717, 1.165) is 21.8 Å². The van der Waals surface area contributed by atoms with E-state index in [4.69, 9.17) is 4.74 Å². The van der Waals surface area contributed by atoms with Gasteiger partial charge in [-0.2, -0.15) is 0 Å². The van der Waals surface area contributed by atoms with Gasteiger partial charge in [0.05, 0.1) is 22.0 Å². The number of benzene rings is 3. The first kappa shape index (κ1) is 16.2. The molecule has 2 heterocycles. The maximum Gasteiger partial charge on any atom is 0.203 e. The number of carbonyl (C=O) groups is 3. The number of nitrogens with zero attached hydrogens (tertiary/aromatic N) is 1. The molecule has 0 amide bonds. The van der Waals surface area contributed by atoms with E-state index < -0.39 is 0 Å². The van der Waals surface area contributed by atoms with Gasteiger partial charge in [0, 0.05) is 34.2 Å². The summed E-state index contributed by atoms with van der Waals surface area (Å²) in [7, 11) is 0. The van der Waals surface area contributed by atoms with Crippen molar-refractivity contribution < 1.29 is 19.1 Å². The van der Waals surface area contributed by atoms with Crippen LogP contribution < -0.4 is 4.74 Å². The monoisotopic (exact) mass is 381 g/mol. The van der Waals surface area contributed by atoms with Crippen molar-refractivity contribution in [3.63, 3.8) is 0 Å². The first-order chi connectivity index (χ1) is 14.1. The Morgan fingerprint density at radius 3 is 2.21 bits per heavy atom. The van der Waals surface area contributed by atoms with E-state index >= 15 is 0 Å². The number of ether oxygens (including phenoxy) is 1. The van der Waals surface area contributed by atoms with Crippen molar-refractivity contribution in [3.05, 3.63) is 76.3 Å². The lowest BCUT2D eigenvalue weighted by Crippen LogP contribution is -2.20. The van der Waals surface area contributed by atoms with Gasteiger partial charge < -0.3 is 9.30 Å². The fourth-order valence-corrected chi connectivity index (χ4v) is 4.67. The highest BCUT2D eigenvalue weighted by Gasteiger charge is 2.32. The molecular weight excluding hydrogens is 366 g/mol. The van der Waals surface area contributed by atoms with Crippen molar-refractivity contribution in [2.75, 3.05) is 6.61 Å². The minimum absolute atomic E-state index is 0.0307. The molecule has 0 saturated heterocycles. The van der Waals surface area contributed by atoms with Crippen molar-refractivity contribution in [1.82, 2.24) is 4.57 Å². The van der Waals surface area contributed by atoms with Gasteiger partial charge in [0.15, 0.2) is 18.2 Å². The van der Waals surface area contributed by atoms with Crippen LogP contribution in [-0.2, 0) is 6.54 Å². The molecule has 1 aliphatic heterocycles. The lowest BCUT2D eigenvalue weighted by atomic mass is 9.83. The van der Waals surface area contributed by atoms with E-state index in [1.807, 2.05) is 19.1 Å². The molecule has 2 aliphatic rings. The number of aromatic nitrogens is 1. The van der Waals surface area contributed by atoms with E-state index in [1.165, 1.54) is 0 Å². The van der Waals surface area contributed by atoms with Crippen LogP contribution in [0, 0.1) is 0 Å². The normalized spacial score (nSPS) is 14.9. The Kier molecular flexibility index (Phi) is 3.03. The fraction of sp³-hybridized carbons (Fsp3) is 0.125. The van der Waals surface area contributed by atoms with Crippen molar-refractivity contribution in [2.45, 2.75) is 13.5 Å². The van der Waals surface area contributed by atoms with Crippen LogP contribution in [0.1, 0.15) is 49.1 Å². The van der Waals surface area contributed by atoms with Gasteiger partial charge in [-0.3, -0.25) is 14.4 Å². The summed E-state index contributed by atoms with van der Waals surface area (Å²) in [4.78, 5) is 38.4. The number of rotatable bonds is 1. The van der Waals surface area contributed by atoms with Crippen LogP contribution in [0.2, 0.25) is 0 Å². The smallest absolute Gasteiger partial charge is 0.203 e. The van der Waals surface area contributed by atoms with Crippen molar-refractivity contribution in [1.29, 1.82) is 0 Å². The second-order valence-electron chi connectivity index (χ2n) is 7.41. The van der Waals surface area contributed by atoms with Gasteiger partial charge in [-0.25, -0.2) is 0 Å². The molecule has 0 atom stereocenters. The molecule has 0 unspecified atom stereocenters.